The number of para-hydroxylation sites is 1. The third-order valence-corrected chi connectivity index (χ3v) is 6.26. The number of sulfonamides is 1. The van der Waals surface area contributed by atoms with Crippen molar-refractivity contribution in [3.63, 3.8) is 0 Å². The Morgan fingerprint density at radius 3 is 2.15 bits per heavy atom. The summed E-state index contributed by atoms with van der Waals surface area (Å²) in [4.78, 5) is 12.0. The smallest absolute Gasteiger partial charge is 0.319 e. The number of carbonyl (C=O) groups excluding carboxylic acids is 1. The van der Waals surface area contributed by atoms with Gasteiger partial charge in [-0.3, -0.25) is 0 Å². The first-order valence-corrected chi connectivity index (χ1v) is 10.3. The lowest BCUT2D eigenvalue weighted by Crippen LogP contribution is -2.47. The average molecular weight is 373 g/mol. The molecule has 0 radical (unpaired) electrons. The summed E-state index contributed by atoms with van der Waals surface area (Å²) in [6, 6.07) is 18.1. The van der Waals surface area contributed by atoms with Gasteiger partial charge < -0.3 is 10.6 Å². The van der Waals surface area contributed by atoms with Crippen LogP contribution in [0.1, 0.15) is 18.4 Å². The molecule has 3 rings (SSSR count). The number of amides is 2. The SMILES string of the molecule is O=C(Nc1ccccc1)NC1CCN(S(=O)(=O)Cc2ccccc2)CC1. The number of hydrogen-bond acceptors (Lipinski definition) is 3. The van der Waals surface area contributed by atoms with E-state index in [1.54, 1.807) is 0 Å². The zero-order chi connectivity index (χ0) is 18.4. The number of anilines is 1. The van der Waals surface area contributed by atoms with E-state index in [2.05, 4.69) is 10.6 Å². The van der Waals surface area contributed by atoms with Crippen molar-refractivity contribution >= 4 is 21.7 Å². The normalized spacial score (nSPS) is 16.2. The standard InChI is InChI=1S/C19H23N3O3S/c23-19(20-17-9-5-2-6-10-17)21-18-11-13-22(14-12-18)26(24,25)15-16-7-3-1-4-8-16/h1-10,18H,11-15H2,(H2,20,21,23). The van der Waals surface area contributed by atoms with Gasteiger partial charge in [0.2, 0.25) is 10.0 Å². The van der Waals surface area contributed by atoms with Crippen LogP contribution in [0.25, 0.3) is 0 Å². The minimum absolute atomic E-state index is 0.0143. The van der Waals surface area contributed by atoms with Crippen LogP contribution >= 0.6 is 0 Å². The predicted molar refractivity (Wildman–Crippen MR) is 102 cm³/mol. The number of rotatable bonds is 5. The second-order valence-electron chi connectivity index (χ2n) is 6.38. The number of carbonyl (C=O) groups is 1. The molecule has 0 spiro atoms. The summed E-state index contributed by atoms with van der Waals surface area (Å²) in [6.45, 7) is 0.844. The van der Waals surface area contributed by atoms with Gasteiger partial charge >= 0.3 is 6.03 Å². The lowest BCUT2D eigenvalue weighted by atomic mass is 10.1. The Balaban J connectivity index is 1.48. The topological polar surface area (TPSA) is 78.5 Å². The molecule has 1 saturated heterocycles. The fraction of sp³-hybridized carbons (Fsp3) is 0.316. The predicted octanol–water partition coefficient (Wildman–Crippen LogP) is 2.80. The quantitative estimate of drug-likeness (QED) is 0.846. The van der Waals surface area contributed by atoms with Gasteiger partial charge in [-0.1, -0.05) is 48.5 Å². The summed E-state index contributed by atoms with van der Waals surface area (Å²) in [5.41, 5.74) is 1.52. The Hall–Kier alpha value is -2.38. The summed E-state index contributed by atoms with van der Waals surface area (Å²) in [5.74, 6) is 0.0143. The molecule has 1 aliphatic heterocycles. The van der Waals surface area contributed by atoms with E-state index in [4.69, 9.17) is 0 Å². The Bertz CT molecular complexity index is 818. The molecule has 1 fully saturated rings. The Morgan fingerprint density at radius 2 is 1.54 bits per heavy atom. The number of nitrogens with zero attached hydrogens (tertiary/aromatic N) is 1. The molecular weight excluding hydrogens is 350 g/mol. The van der Waals surface area contributed by atoms with E-state index >= 15 is 0 Å². The molecular formula is C19H23N3O3S. The van der Waals surface area contributed by atoms with Crippen LogP contribution in [-0.4, -0.2) is 37.9 Å². The molecule has 7 heteroatoms. The van der Waals surface area contributed by atoms with Crippen LogP contribution < -0.4 is 10.6 Å². The second-order valence-corrected chi connectivity index (χ2v) is 8.35. The highest BCUT2D eigenvalue weighted by molar-refractivity contribution is 7.88. The first kappa shape index (κ1) is 18.4. The van der Waals surface area contributed by atoms with Gasteiger partial charge in [-0.05, 0) is 30.5 Å². The average Bonchev–Trinajstić information content (AvgIpc) is 2.63. The van der Waals surface area contributed by atoms with Crippen LogP contribution in [0.5, 0.6) is 0 Å². The summed E-state index contributed by atoms with van der Waals surface area (Å²) in [5, 5.41) is 5.70. The van der Waals surface area contributed by atoms with Gasteiger partial charge in [0.1, 0.15) is 0 Å². The molecule has 0 aliphatic carbocycles. The fourth-order valence-corrected chi connectivity index (χ4v) is 4.59. The first-order valence-electron chi connectivity index (χ1n) is 8.67. The maximum atomic E-state index is 12.6. The van der Waals surface area contributed by atoms with Crippen molar-refractivity contribution in [2.75, 3.05) is 18.4 Å². The molecule has 0 atom stereocenters. The van der Waals surface area contributed by atoms with Crippen LogP contribution in [0, 0.1) is 0 Å². The van der Waals surface area contributed by atoms with Crippen LogP contribution in [0.2, 0.25) is 0 Å². The van der Waals surface area contributed by atoms with Crippen molar-refractivity contribution in [1.29, 1.82) is 0 Å². The lowest BCUT2D eigenvalue weighted by Gasteiger charge is -2.31. The third kappa shape index (κ3) is 5.06. The summed E-state index contributed by atoms with van der Waals surface area (Å²) in [7, 11) is -3.33. The molecule has 2 amide bonds. The number of nitrogens with one attached hydrogen (secondary N) is 2. The van der Waals surface area contributed by atoms with E-state index in [-0.39, 0.29) is 17.8 Å². The Kier molecular flexibility index (Phi) is 5.90. The molecule has 1 heterocycles. The highest BCUT2D eigenvalue weighted by Gasteiger charge is 2.28. The van der Waals surface area contributed by atoms with Crippen molar-refractivity contribution in [3.8, 4) is 0 Å². The van der Waals surface area contributed by atoms with Crippen molar-refractivity contribution in [2.45, 2.75) is 24.6 Å². The lowest BCUT2D eigenvalue weighted by molar-refractivity contribution is 0.238. The highest BCUT2D eigenvalue weighted by atomic mass is 32.2. The van der Waals surface area contributed by atoms with E-state index in [0.29, 0.717) is 25.9 Å². The van der Waals surface area contributed by atoms with Gasteiger partial charge in [0.15, 0.2) is 0 Å². The Morgan fingerprint density at radius 1 is 0.962 bits per heavy atom. The molecule has 0 aromatic heterocycles. The van der Waals surface area contributed by atoms with Crippen LogP contribution in [0.15, 0.2) is 60.7 Å². The minimum atomic E-state index is -3.33. The van der Waals surface area contributed by atoms with Gasteiger partial charge in [-0.25, -0.2) is 17.5 Å². The van der Waals surface area contributed by atoms with E-state index in [9.17, 15) is 13.2 Å². The maximum absolute atomic E-state index is 12.6. The molecule has 138 valence electrons. The fourth-order valence-electron chi connectivity index (χ4n) is 3.03. The number of piperidine rings is 1. The van der Waals surface area contributed by atoms with Crippen molar-refractivity contribution in [2.24, 2.45) is 0 Å². The zero-order valence-corrected chi connectivity index (χ0v) is 15.3. The van der Waals surface area contributed by atoms with Crippen molar-refractivity contribution < 1.29 is 13.2 Å². The highest BCUT2D eigenvalue weighted by Crippen LogP contribution is 2.18. The summed E-state index contributed by atoms with van der Waals surface area (Å²) in [6.07, 6.45) is 1.21. The zero-order valence-electron chi connectivity index (χ0n) is 14.5. The molecule has 6 nitrogen and oxygen atoms in total. The molecule has 1 aliphatic rings. The van der Waals surface area contributed by atoms with E-state index in [1.807, 2.05) is 60.7 Å². The Labute approximate surface area is 154 Å². The molecule has 2 N–H and O–H groups in total. The monoisotopic (exact) mass is 373 g/mol. The van der Waals surface area contributed by atoms with E-state index in [0.717, 1.165) is 11.3 Å². The van der Waals surface area contributed by atoms with Gasteiger partial charge in [0, 0.05) is 24.8 Å². The van der Waals surface area contributed by atoms with E-state index in [1.165, 1.54) is 4.31 Å². The molecule has 0 saturated carbocycles. The molecule has 2 aromatic carbocycles. The molecule has 2 aromatic rings. The second kappa shape index (κ2) is 8.33. The molecule has 0 unspecified atom stereocenters. The van der Waals surface area contributed by atoms with Crippen molar-refractivity contribution in [1.82, 2.24) is 9.62 Å². The van der Waals surface area contributed by atoms with Crippen LogP contribution in [-0.2, 0) is 15.8 Å². The van der Waals surface area contributed by atoms with Gasteiger partial charge in [0.05, 0.1) is 5.75 Å². The number of urea groups is 1. The third-order valence-electron chi connectivity index (χ3n) is 4.41. The van der Waals surface area contributed by atoms with Crippen molar-refractivity contribution in [3.05, 3.63) is 66.2 Å². The summed E-state index contributed by atoms with van der Waals surface area (Å²) >= 11 is 0. The van der Waals surface area contributed by atoms with Gasteiger partial charge in [0.25, 0.3) is 0 Å². The van der Waals surface area contributed by atoms with E-state index < -0.39 is 10.0 Å². The first-order chi connectivity index (χ1) is 12.5. The largest absolute Gasteiger partial charge is 0.335 e. The molecule has 0 bridgehead atoms. The van der Waals surface area contributed by atoms with Crippen LogP contribution in [0.4, 0.5) is 10.5 Å². The minimum Gasteiger partial charge on any atom is -0.335 e. The maximum Gasteiger partial charge on any atom is 0.319 e. The van der Waals surface area contributed by atoms with Gasteiger partial charge in [-0.2, -0.15) is 0 Å². The summed E-state index contributed by atoms with van der Waals surface area (Å²) < 4.78 is 26.6. The van der Waals surface area contributed by atoms with Crippen LogP contribution in [0.3, 0.4) is 0 Å². The molecule has 26 heavy (non-hydrogen) atoms. The van der Waals surface area contributed by atoms with Gasteiger partial charge in [-0.15, -0.1) is 0 Å². The number of hydrogen-bond donors (Lipinski definition) is 2. The number of benzene rings is 2.